The second kappa shape index (κ2) is 7.22. The van der Waals surface area contributed by atoms with Crippen LogP contribution in [0.2, 0.25) is 5.02 Å². The van der Waals surface area contributed by atoms with Crippen LogP contribution in [-0.2, 0) is 11.2 Å². The molecule has 1 aromatic rings. The van der Waals surface area contributed by atoms with E-state index >= 15 is 0 Å². The summed E-state index contributed by atoms with van der Waals surface area (Å²) in [7, 11) is 0. The van der Waals surface area contributed by atoms with E-state index in [0.29, 0.717) is 23.1 Å². The van der Waals surface area contributed by atoms with E-state index in [1.165, 1.54) is 12.5 Å². The smallest absolute Gasteiger partial charge is 0.127 e. The molecule has 0 amide bonds. The molecule has 0 aliphatic carbocycles. The molecule has 1 fully saturated rings. The van der Waals surface area contributed by atoms with Gasteiger partial charge in [-0.1, -0.05) is 17.7 Å². The second-order valence-corrected chi connectivity index (χ2v) is 5.64. The van der Waals surface area contributed by atoms with Crippen LogP contribution >= 0.6 is 11.6 Å². The number of nitrogens with two attached hydrogens (primary N) is 1. The minimum atomic E-state index is -0.267. The van der Waals surface area contributed by atoms with Crippen molar-refractivity contribution in [2.24, 2.45) is 5.73 Å². The molecule has 2 N–H and O–H groups in total. The number of benzene rings is 1. The van der Waals surface area contributed by atoms with Gasteiger partial charge in [0.15, 0.2) is 0 Å². The van der Waals surface area contributed by atoms with E-state index in [-0.39, 0.29) is 11.9 Å². The summed E-state index contributed by atoms with van der Waals surface area (Å²) in [5.41, 5.74) is 6.61. The van der Waals surface area contributed by atoms with Crippen molar-refractivity contribution in [2.75, 3.05) is 6.61 Å². The van der Waals surface area contributed by atoms with Gasteiger partial charge < -0.3 is 10.5 Å². The number of hydrogen-bond acceptors (Lipinski definition) is 2. The van der Waals surface area contributed by atoms with Crippen molar-refractivity contribution in [1.29, 1.82) is 0 Å². The van der Waals surface area contributed by atoms with E-state index in [4.69, 9.17) is 22.1 Å². The predicted molar refractivity (Wildman–Crippen MR) is 75.9 cm³/mol. The van der Waals surface area contributed by atoms with Crippen LogP contribution in [0, 0.1) is 5.82 Å². The molecule has 2 rings (SSSR count). The Labute approximate surface area is 119 Å². The van der Waals surface area contributed by atoms with Gasteiger partial charge in [0.25, 0.3) is 0 Å². The van der Waals surface area contributed by atoms with Crippen molar-refractivity contribution in [3.63, 3.8) is 0 Å². The third-order valence-corrected chi connectivity index (χ3v) is 4.02. The monoisotopic (exact) mass is 285 g/mol. The second-order valence-electron chi connectivity index (χ2n) is 5.23. The SMILES string of the molecule is NC(CCC1CCCCO1)Cc1c(F)cccc1Cl. The van der Waals surface area contributed by atoms with Gasteiger partial charge in [-0.2, -0.15) is 0 Å². The van der Waals surface area contributed by atoms with Gasteiger partial charge in [0.05, 0.1) is 6.10 Å². The molecule has 2 nitrogen and oxygen atoms in total. The maximum Gasteiger partial charge on any atom is 0.127 e. The Morgan fingerprint density at radius 3 is 2.95 bits per heavy atom. The summed E-state index contributed by atoms with van der Waals surface area (Å²) in [6, 6.07) is 4.68. The molecule has 0 saturated carbocycles. The molecule has 2 atom stereocenters. The minimum absolute atomic E-state index is 0.0695. The summed E-state index contributed by atoms with van der Waals surface area (Å²) in [5.74, 6) is -0.267. The van der Waals surface area contributed by atoms with Gasteiger partial charge in [-0.15, -0.1) is 0 Å². The lowest BCUT2D eigenvalue weighted by molar-refractivity contribution is 0.00915. The Hall–Kier alpha value is -0.640. The Balaban J connectivity index is 1.82. The number of hydrogen-bond donors (Lipinski definition) is 1. The van der Waals surface area contributed by atoms with Gasteiger partial charge in [0.1, 0.15) is 5.82 Å². The normalized spacial score (nSPS) is 21.3. The topological polar surface area (TPSA) is 35.2 Å². The molecule has 1 saturated heterocycles. The van der Waals surface area contributed by atoms with E-state index in [1.807, 2.05) is 0 Å². The van der Waals surface area contributed by atoms with Crippen LogP contribution in [0.4, 0.5) is 4.39 Å². The molecule has 1 aliphatic rings. The summed E-state index contributed by atoms with van der Waals surface area (Å²) < 4.78 is 19.3. The Morgan fingerprint density at radius 2 is 2.26 bits per heavy atom. The Morgan fingerprint density at radius 1 is 1.42 bits per heavy atom. The third kappa shape index (κ3) is 4.44. The van der Waals surface area contributed by atoms with Crippen LogP contribution in [0.1, 0.15) is 37.7 Å². The highest BCUT2D eigenvalue weighted by Crippen LogP contribution is 2.22. The van der Waals surface area contributed by atoms with Gasteiger partial charge in [0, 0.05) is 23.2 Å². The predicted octanol–water partition coefficient (Wildman–Crippen LogP) is 3.70. The highest BCUT2D eigenvalue weighted by Gasteiger charge is 2.17. The average Bonchev–Trinajstić information content (AvgIpc) is 2.42. The third-order valence-electron chi connectivity index (χ3n) is 3.66. The van der Waals surface area contributed by atoms with Crippen LogP contribution in [0.3, 0.4) is 0 Å². The van der Waals surface area contributed by atoms with Crippen molar-refractivity contribution in [3.8, 4) is 0 Å². The molecular weight excluding hydrogens is 265 g/mol. The molecule has 0 aromatic heterocycles. The molecule has 106 valence electrons. The fourth-order valence-corrected chi connectivity index (χ4v) is 2.77. The van der Waals surface area contributed by atoms with Crippen LogP contribution < -0.4 is 5.73 Å². The molecule has 1 heterocycles. The molecule has 4 heteroatoms. The Bertz CT molecular complexity index is 387. The van der Waals surface area contributed by atoms with Crippen LogP contribution in [0.25, 0.3) is 0 Å². The average molecular weight is 286 g/mol. The van der Waals surface area contributed by atoms with Crippen molar-refractivity contribution in [3.05, 3.63) is 34.6 Å². The highest BCUT2D eigenvalue weighted by atomic mass is 35.5. The first-order chi connectivity index (χ1) is 9.16. The highest BCUT2D eigenvalue weighted by molar-refractivity contribution is 6.31. The maximum atomic E-state index is 13.6. The van der Waals surface area contributed by atoms with Crippen LogP contribution in [0.15, 0.2) is 18.2 Å². The maximum absolute atomic E-state index is 13.6. The van der Waals surface area contributed by atoms with E-state index in [0.717, 1.165) is 32.3 Å². The summed E-state index contributed by atoms with van der Waals surface area (Å²) in [4.78, 5) is 0. The number of rotatable bonds is 5. The lowest BCUT2D eigenvalue weighted by Gasteiger charge is -2.24. The van der Waals surface area contributed by atoms with Gasteiger partial charge in [-0.05, 0) is 50.7 Å². The standard InChI is InChI=1S/C15H21ClFNO/c16-14-5-3-6-15(17)13(14)10-11(18)7-8-12-4-1-2-9-19-12/h3,5-6,11-12H,1-2,4,7-10,18H2. The van der Waals surface area contributed by atoms with E-state index in [1.54, 1.807) is 12.1 Å². The van der Waals surface area contributed by atoms with Crippen molar-refractivity contribution >= 4 is 11.6 Å². The molecule has 1 aliphatic heterocycles. The zero-order chi connectivity index (χ0) is 13.7. The largest absolute Gasteiger partial charge is 0.378 e. The molecule has 19 heavy (non-hydrogen) atoms. The van der Waals surface area contributed by atoms with Crippen molar-refractivity contribution in [1.82, 2.24) is 0 Å². The van der Waals surface area contributed by atoms with E-state index in [9.17, 15) is 4.39 Å². The molecular formula is C15H21ClFNO. The van der Waals surface area contributed by atoms with Gasteiger partial charge >= 0.3 is 0 Å². The summed E-state index contributed by atoms with van der Waals surface area (Å²) in [5, 5.41) is 0.462. The van der Waals surface area contributed by atoms with E-state index in [2.05, 4.69) is 0 Å². The van der Waals surface area contributed by atoms with Gasteiger partial charge in [-0.3, -0.25) is 0 Å². The summed E-state index contributed by atoms with van der Waals surface area (Å²) in [6.45, 7) is 0.860. The molecule has 1 aromatic carbocycles. The molecule has 0 radical (unpaired) electrons. The van der Waals surface area contributed by atoms with Crippen LogP contribution in [0.5, 0.6) is 0 Å². The van der Waals surface area contributed by atoms with Crippen LogP contribution in [-0.4, -0.2) is 18.8 Å². The summed E-state index contributed by atoms with van der Waals surface area (Å²) >= 11 is 6.00. The minimum Gasteiger partial charge on any atom is -0.378 e. The van der Waals surface area contributed by atoms with Gasteiger partial charge in [0.2, 0.25) is 0 Å². The lowest BCUT2D eigenvalue weighted by atomic mass is 9.98. The van der Waals surface area contributed by atoms with E-state index < -0.39 is 0 Å². The first kappa shape index (κ1) is 14.8. The van der Waals surface area contributed by atoms with Gasteiger partial charge in [-0.25, -0.2) is 4.39 Å². The molecule has 0 bridgehead atoms. The first-order valence-electron chi connectivity index (χ1n) is 6.97. The quantitative estimate of drug-likeness (QED) is 0.895. The fourth-order valence-electron chi connectivity index (χ4n) is 2.53. The van der Waals surface area contributed by atoms with Crippen molar-refractivity contribution < 1.29 is 9.13 Å². The van der Waals surface area contributed by atoms with Crippen molar-refractivity contribution in [2.45, 2.75) is 50.7 Å². The zero-order valence-corrected chi connectivity index (χ0v) is 11.8. The first-order valence-corrected chi connectivity index (χ1v) is 7.34. The zero-order valence-electron chi connectivity index (χ0n) is 11.1. The fraction of sp³-hybridized carbons (Fsp3) is 0.600. The summed E-state index contributed by atoms with van der Waals surface area (Å²) in [6.07, 6.45) is 6.12. The molecule has 2 unspecified atom stereocenters. The molecule has 0 spiro atoms. The number of ether oxygens (including phenoxy) is 1. The lowest BCUT2D eigenvalue weighted by Crippen LogP contribution is -2.27. The number of halogens is 2. The Kier molecular flexibility index (Phi) is 5.61.